The van der Waals surface area contributed by atoms with Crippen LogP contribution in [-0.4, -0.2) is 32.3 Å². The van der Waals surface area contributed by atoms with E-state index in [0.29, 0.717) is 0 Å². The van der Waals surface area contributed by atoms with Gasteiger partial charge in [0.2, 0.25) is 0 Å². The van der Waals surface area contributed by atoms with E-state index in [1.807, 2.05) is 11.7 Å². The summed E-state index contributed by atoms with van der Waals surface area (Å²) in [6.45, 7) is 4.38. The summed E-state index contributed by atoms with van der Waals surface area (Å²) in [7, 11) is 1.97. The molecule has 1 unspecified atom stereocenters. The van der Waals surface area contributed by atoms with Crippen molar-refractivity contribution < 1.29 is 0 Å². The van der Waals surface area contributed by atoms with Crippen LogP contribution in [0.4, 0.5) is 0 Å². The molecule has 2 aromatic rings. The Bertz CT molecular complexity index is 699. The first-order chi connectivity index (χ1) is 11.7. The van der Waals surface area contributed by atoms with Crippen LogP contribution in [0.3, 0.4) is 0 Å². The minimum atomic E-state index is 0.791. The van der Waals surface area contributed by atoms with E-state index in [9.17, 15) is 0 Å². The zero-order valence-electron chi connectivity index (χ0n) is 15.2. The third-order valence-corrected chi connectivity index (χ3v) is 6.13. The van der Waals surface area contributed by atoms with E-state index in [0.717, 1.165) is 29.8 Å². The lowest BCUT2D eigenvalue weighted by Crippen LogP contribution is -2.31. The predicted octanol–water partition coefficient (Wildman–Crippen LogP) is 4.21. The Hall–Kier alpha value is -1.42. The second-order valence-corrected chi connectivity index (χ2v) is 7.93. The van der Waals surface area contributed by atoms with Crippen molar-refractivity contribution >= 4 is 11.0 Å². The zero-order valence-corrected chi connectivity index (χ0v) is 15.2. The van der Waals surface area contributed by atoms with E-state index >= 15 is 0 Å². The van der Waals surface area contributed by atoms with E-state index in [1.165, 1.54) is 68.9 Å². The summed E-state index contributed by atoms with van der Waals surface area (Å²) in [5.74, 6) is 0.977. The van der Waals surface area contributed by atoms with Crippen LogP contribution in [0.5, 0.6) is 0 Å². The maximum absolute atomic E-state index is 4.66. The summed E-state index contributed by atoms with van der Waals surface area (Å²) in [5.41, 5.74) is 3.42. The lowest BCUT2D eigenvalue weighted by atomic mass is 9.84. The highest BCUT2D eigenvalue weighted by molar-refractivity contribution is 5.78. The Morgan fingerprint density at radius 3 is 2.79 bits per heavy atom. The van der Waals surface area contributed by atoms with Crippen LogP contribution >= 0.6 is 0 Å². The van der Waals surface area contributed by atoms with Crippen LogP contribution in [-0.2, 0) is 13.6 Å². The standard InChI is InChI=1S/C20H30N4/c1-15-19-12-17(13-21-20(19)23(2)22-15)14-24-10-6-9-18(24)11-16-7-4-3-5-8-16/h12-13,16,18H,3-11,14H2,1-2H3. The number of aryl methyl sites for hydroxylation is 2. The van der Waals surface area contributed by atoms with Gasteiger partial charge in [0.05, 0.1) is 5.69 Å². The molecule has 3 heterocycles. The largest absolute Gasteiger partial charge is 0.296 e. The fraction of sp³-hybridized carbons (Fsp3) is 0.700. The first-order valence-corrected chi connectivity index (χ1v) is 9.73. The van der Waals surface area contributed by atoms with Crippen LogP contribution in [0.25, 0.3) is 11.0 Å². The van der Waals surface area contributed by atoms with Gasteiger partial charge in [-0.25, -0.2) is 4.98 Å². The van der Waals surface area contributed by atoms with Crippen LogP contribution in [0.15, 0.2) is 12.3 Å². The summed E-state index contributed by atoms with van der Waals surface area (Å²) in [6.07, 6.45) is 13.5. The lowest BCUT2D eigenvalue weighted by Gasteiger charge is -2.30. The van der Waals surface area contributed by atoms with Crippen LogP contribution in [0.1, 0.15) is 62.6 Å². The average Bonchev–Trinajstić information content (AvgIpc) is 3.13. The van der Waals surface area contributed by atoms with Crippen LogP contribution in [0.2, 0.25) is 0 Å². The second-order valence-electron chi connectivity index (χ2n) is 7.93. The van der Waals surface area contributed by atoms with Crippen molar-refractivity contribution in [3.63, 3.8) is 0 Å². The van der Waals surface area contributed by atoms with E-state index < -0.39 is 0 Å². The summed E-state index contributed by atoms with van der Waals surface area (Å²) in [4.78, 5) is 7.37. The van der Waals surface area contributed by atoms with E-state index in [1.54, 1.807) is 0 Å². The second kappa shape index (κ2) is 6.83. The highest BCUT2D eigenvalue weighted by Gasteiger charge is 2.28. The fourth-order valence-corrected chi connectivity index (χ4v) is 4.85. The zero-order chi connectivity index (χ0) is 16.5. The van der Waals surface area contributed by atoms with Crippen LogP contribution < -0.4 is 0 Å². The molecule has 1 saturated carbocycles. The van der Waals surface area contributed by atoms with Gasteiger partial charge < -0.3 is 0 Å². The van der Waals surface area contributed by atoms with Gasteiger partial charge in [-0.2, -0.15) is 5.10 Å². The molecule has 1 aliphatic carbocycles. The molecule has 1 atom stereocenters. The fourth-order valence-electron chi connectivity index (χ4n) is 4.85. The van der Waals surface area contributed by atoms with Gasteiger partial charge in [-0.3, -0.25) is 9.58 Å². The monoisotopic (exact) mass is 326 g/mol. The minimum Gasteiger partial charge on any atom is -0.296 e. The highest BCUT2D eigenvalue weighted by Crippen LogP contribution is 2.32. The molecule has 2 aliphatic rings. The number of aromatic nitrogens is 3. The molecule has 0 aromatic carbocycles. The summed E-state index contributed by atoms with van der Waals surface area (Å²) in [6, 6.07) is 3.10. The molecule has 2 aromatic heterocycles. The van der Waals surface area contributed by atoms with E-state index in [4.69, 9.17) is 0 Å². The molecule has 0 radical (unpaired) electrons. The molecule has 1 aliphatic heterocycles. The number of nitrogens with zero attached hydrogens (tertiary/aromatic N) is 4. The van der Waals surface area contributed by atoms with Gasteiger partial charge in [0.15, 0.2) is 5.65 Å². The Labute approximate surface area is 145 Å². The van der Waals surface area contributed by atoms with Crippen molar-refractivity contribution in [1.29, 1.82) is 0 Å². The van der Waals surface area contributed by atoms with Crippen molar-refractivity contribution in [1.82, 2.24) is 19.7 Å². The Balaban J connectivity index is 1.46. The molecule has 0 spiro atoms. The van der Waals surface area contributed by atoms with Crippen molar-refractivity contribution in [2.45, 2.75) is 70.9 Å². The Kier molecular flexibility index (Phi) is 4.57. The maximum Gasteiger partial charge on any atom is 0.157 e. The molecule has 0 bridgehead atoms. The Morgan fingerprint density at radius 2 is 1.96 bits per heavy atom. The average molecular weight is 326 g/mol. The highest BCUT2D eigenvalue weighted by atomic mass is 15.3. The molecule has 4 heteroatoms. The van der Waals surface area contributed by atoms with Gasteiger partial charge in [-0.15, -0.1) is 0 Å². The number of pyridine rings is 1. The number of likely N-dealkylation sites (tertiary alicyclic amines) is 1. The third-order valence-electron chi connectivity index (χ3n) is 6.13. The molecule has 24 heavy (non-hydrogen) atoms. The predicted molar refractivity (Wildman–Crippen MR) is 97.9 cm³/mol. The van der Waals surface area contributed by atoms with Gasteiger partial charge in [0, 0.05) is 31.2 Å². The van der Waals surface area contributed by atoms with Crippen LogP contribution in [0, 0.1) is 12.8 Å². The van der Waals surface area contributed by atoms with Crippen molar-refractivity contribution in [2.24, 2.45) is 13.0 Å². The molecular formula is C20H30N4. The van der Waals surface area contributed by atoms with Gasteiger partial charge >= 0.3 is 0 Å². The van der Waals surface area contributed by atoms with Gasteiger partial charge in [-0.1, -0.05) is 32.1 Å². The van der Waals surface area contributed by atoms with Crippen molar-refractivity contribution in [3.8, 4) is 0 Å². The van der Waals surface area contributed by atoms with Crippen molar-refractivity contribution in [2.75, 3.05) is 6.54 Å². The molecular weight excluding hydrogens is 296 g/mol. The molecule has 2 fully saturated rings. The number of hydrogen-bond donors (Lipinski definition) is 0. The summed E-state index contributed by atoms with van der Waals surface area (Å²) >= 11 is 0. The van der Waals surface area contributed by atoms with Crippen molar-refractivity contribution in [3.05, 3.63) is 23.5 Å². The first-order valence-electron chi connectivity index (χ1n) is 9.73. The molecule has 1 saturated heterocycles. The molecule has 130 valence electrons. The lowest BCUT2D eigenvalue weighted by molar-refractivity contribution is 0.192. The molecule has 4 rings (SSSR count). The topological polar surface area (TPSA) is 34.0 Å². The normalized spacial score (nSPS) is 23.3. The summed E-state index contributed by atoms with van der Waals surface area (Å²) < 4.78 is 1.89. The first kappa shape index (κ1) is 16.1. The van der Waals surface area contributed by atoms with Gasteiger partial charge in [0.25, 0.3) is 0 Å². The number of hydrogen-bond acceptors (Lipinski definition) is 3. The number of fused-ring (bicyclic) bond motifs is 1. The molecule has 0 N–H and O–H groups in total. The van der Waals surface area contributed by atoms with E-state index in [2.05, 4.69) is 34.2 Å². The molecule has 0 amide bonds. The van der Waals surface area contributed by atoms with E-state index in [-0.39, 0.29) is 0 Å². The maximum atomic E-state index is 4.66. The third kappa shape index (κ3) is 3.21. The quantitative estimate of drug-likeness (QED) is 0.844. The smallest absolute Gasteiger partial charge is 0.157 e. The SMILES string of the molecule is Cc1nn(C)c2ncc(CN3CCCC3CC3CCCCC3)cc12. The van der Waals surface area contributed by atoms with Gasteiger partial charge in [0.1, 0.15) is 0 Å². The summed E-state index contributed by atoms with van der Waals surface area (Å²) in [5, 5.41) is 5.70. The molecule has 4 nitrogen and oxygen atoms in total. The minimum absolute atomic E-state index is 0.791. The number of rotatable bonds is 4. The Morgan fingerprint density at radius 1 is 1.12 bits per heavy atom. The van der Waals surface area contributed by atoms with Gasteiger partial charge in [-0.05, 0) is 50.3 Å².